The topological polar surface area (TPSA) is 60.8 Å². The van der Waals surface area contributed by atoms with Gasteiger partial charge in [0.15, 0.2) is 17.3 Å². The van der Waals surface area contributed by atoms with Crippen LogP contribution in [0.4, 0.5) is 0 Å². The van der Waals surface area contributed by atoms with Gasteiger partial charge >= 0.3 is 0 Å². The third-order valence-electron chi connectivity index (χ3n) is 3.11. The van der Waals surface area contributed by atoms with Gasteiger partial charge in [-0.15, -0.1) is 0 Å². The molecule has 4 heteroatoms. The number of phenolic OH excluding ortho intramolecular Hbond substituents is 2. The Morgan fingerprint density at radius 1 is 1.35 bits per heavy atom. The summed E-state index contributed by atoms with van der Waals surface area (Å²) in [6.07, 6.45) is 2.34. The maximum Gasteiger partial charge on any atom is 0.176 e. The number of Topliss-reactive ketones (excluding diaryl/α,β-unsaturated/α-hetero) is 1. The molecule has 1 fully saturated rings. The van der Waals surface area contributed by atoms with Crippen molar-refractivity contribution in [3.8, 4) is 11.5 Å². The summed E-state index contributed by atoms with van der Waals surface area (Å²) in [7, 11) is 0. The Balaban J connectivity index is 2.05. The van der Waals surface area contributed by atoms with Crippen LogP contribution in [0.2, 0.25) is 0 Å². The van der Waals surface area contributed by atoms with Crippen LogP contribution in [0.5, 0.6) is 11.5 Å². The van der Waals surface area contributed by atoms with Gasteiger partial charge in [-0.25, -0.2) is 0 Å². The lowest BCUT2D eigenvalue weighted by atomic mass is 10.1. The molecule has 0 radical (unpaired) electrons. The molecule has 0 saturated heterocycles. The zero-order chi connectivity index (χ0) is 12.4. The summed E-state index contributed by atoms with van der Waals surface area (Å²) in [5, 5.41) is 18.5. The predicted molar refractivity (Wildman–Crippen MR) is 64.4 cm³/mol. The van der Waals surface area contributed by atoms with Gasteiger partial charge in [0.05, 0.1) is 6.54 Å². The molecule has 1 aromatic carbocycles. The van der Waals surface area contributed by atoms with Crippen LogP contribution in [0.1, 0.15) is 30.1 Å². The van der Waals surface area contributed by atoms with E-state index in [9.17, 15) is 15.0 Å². The molecule has 0 bridgehead atoms. The zero-order valence-corrected chi connectivity index (χ0v) is 9.89. The first-order chi connectivity index (χ1) is 8.11. The molecule has 0 amide bonds. The lowest BCUT2D eigenvalue weighted by Gasteiger charge is -2.18. The standard InChI is InChI=1S/C13H17NO3/c1-2-14(10-4-5-10)8-13(17)9-3-6-11(15)12(16)7-9/h3,6-7,10,15-16H,2,4-5,8H2,1H3. The van der Waals surface area contributed by atoms with E-state index in [2.05, 4.69) is 4.90 Å². The predicted octanol–water partition coefficient (Wildman–Crippen LogP) is 1.76. The molecular weight excluding hydrogens is 218 g/mol. The Morgan fingerprint density at radius 3 is 2.59 bits per heavy atom. The fraction of sp³-hybridized carbons (Fsp3) is 0.462. The van der Waals surface area contributed by atoms with Crippen molar-refractivity contribution in [2.75, 3.05) is 13.1 Å². The second-order valence-corrected chi connectivity index (χ2v) is 4.42. The third-order valence-corrected chi connectivity index (χ3v) is 3.11. The van der Waals surface area contributed by atoms with Gasteiger partial charge in [-0.3, -0.25) is 9.69 Å². The summed E-state index contributed by atoms with van der Waals surface area (Å²) >= 11 is 0. The number of phenols is 2. The van der Waals surface area contributed by atoms with E-state index in [1.807, 2.05) is 6.92 Å². The minimum absolute atomic E-state index is 0.0194. The Kier molecular flexibility index (Phi) is 3.33. The first-order valence-corrected chi connectivity index (χ1v) is 5.91. The third kappa shape index (κ3) is 2.77. The second kappa shape index (κ2) is 4.75. The van der Waals surface area contributed by atoms with Crippen molar-refractivity contribution in [2.45, 2.75) is 25.8 Å². The average Bonchev–Trinajstić information content (AvgIpc) is 3.13. The van der Waals surface area contributed by atoms with Gasteiger partial charge in [-0.05, 0) is 37.6 Å². The van der Waals surface area contributed by atoms with E-state index in [0.717, 1.165) is 6.54 Å². The van der Waals surface area contributed by atoms with E-state index >= 15 is 0 Å². The molecule has 2 N–H and O–H groups in total. The summed E-state index contributed by atoms with van der Waals surface area (Å²) in [6, 6.07) is 4.75. The maximum absolute atomic E-state index is 12.0. The molecule has 4 nitrogen and oxygen atoms in total. The van der Waals surface area contributed by atoms with E-state index in [0.29, 0.717) is 18.2 Å². The molecule has 2 rings (SSSR count). The van der Waals surface area contributed by atoms with Crippen LogP contribution < -0.4 is 0 Å². The number of carbonyl (C=O) groups is 1. The highest BCUT2D eigenvalue weighted by Crippen LogP contribution is 2.28. The van der Waals surface area contributed by atoms with Crippen molar-refractivity contribution >= 4 is 5.78 Å². The van der Waals surface area contributed by atoms with Crippen molar-refractivity contribution in [2.24, 2.45) is 0 Å². The van der Waals surface area contributed by atoms with Gasteiger partial charge in [0.25, 0.3) is 0 Å². The van der Waals surface area contributed by atoms with E-state index < -0.39 is 0 Å². The Morgan fingerprint density at radius 2 is 2.06 bits per heavy atom. The van der Waals surface area contributed by atoms with Crippen molar-refractivity contribution in [1.29, 1.82) is 0 Å². The molecule has 0 atom stereocenters. The van der Waals surface area contributed by atoms with E-state index in [1.165, 1.54) is 31.0 Å². The SMILES string of the molecule is CCN(CC(=O)c1ccc(O)c(O)c1)C1CC1. The van der Waals surface area contributed by atoms with Gasteiger partial charge < -0.3 is 10.2 Å². The fourth-order valence-corrected chi connectivity index (χ4v) is 1.91. The van der Waals surface area contributed by atoms with Gasteiger partial charge in [-0.1, -0.05) is 6.92 Å². The number of likely N-dealkylation sites (N-methyl/N-ethyl adjacent to an activating group) is 1. The minimum atomic E-state index is -0.245. The van der Waals surface area contributed by atoms with E-state index in [4.69, 9.17) is 0 Å². The second-order valence-electron chi connectivity index (χ2n) is 4.42. The van der Waals surface area contributed by atoms with Crippen LogP contribution in [0, 0.1) is 0 Å². The number of nitrogens with zero attached hydrogens (tertiary/aromatic N) is 1. The summed E-state index contributed by atoms with van der Waals surface area (Å²) < 4.78 is 0. The van der Waals surface area contributed by atoms with E-state index in [-0.39, 0.29) is 17.3 Å². The minimum Gasteiger partial charge on any atom is -0.504 e. The lowest BCUT2D eigenvalue weighted by Crippen LogP contribution is -2.31. The number of rotatable bonds is 5. The van der Waals surface area contributed by atoms with Gasteiger partial charge in [0, 0.05) is 11.6 Å². The van der Waals surface area contributed by atoms with Gasteiger partial charge in [0.2, 0.25) is 0 Å². The molecule has 0 unspecified atom stereocenters. The number of carbonyl (C=O) groups excluding carboxylic acids is 1. The Labute approximate surface area is 100 Å². The molecule has 17 heavy (non-hydrogen) atoms. The van der Waals surface area contributed by atoms with E-state index in [1.54, 1.807) is 0 Å². The highest BCUT2D eigenvalue weighted by Gasteiger charge is 2.29. The summed E-state index contributed by atoms with van der Waals surface area (Å²) in [5.41, 5.74) is 0.444. The average molecular weight is 235 g/mol. The molecular formula is C13H17NO3. The number of hydrogen-bond acceptors (Lipinski definition) is 4. The normalized spacial score (nSPS) is 15.2. The molecule has 92 valence electrons. The molecule has 1 saturated carbocycles. The van der Waals surface area contributed by atoms with Crippen LogP contribution in [-0.4, -0.2) is 40.0 Å². The molecule has 1 aliphatic rings. The first kappa shape index (κ1) is 11.9. The Bertz CT molecular complexity index is 427. The van der Waals surface area contributed by atoms with Crippen LogP contribution >= 0.6 is 0 Å². The zero-order valence-electron chi connectivity index (χ0n) is 9.89. The number of aromatic hydroxyl groups is 2. The van der Waals surface area contributed by atoms with Crippen molar-refractivity contribution in [3.63, 3.8) is 0 Å². The molecule has 1 aromatic rings. The number of benzene rings is 1. The number of ketones is 1. The fourth-order valence-electron chi connectivity index (χ4n) is 1.91. The summed E-state index contributed by atoms with van der Waals surface area (Å²) in [4.78, 5) is 14.1. The summed E-state index contributed by atoms with van der Waals surface area (Å²) in [6.45, 7) is 3.28. The monoisotopic (exact) mass is 235 g/mol. The first-order valence-electron chi connectivity index (χ1n) is 5.91. The smallest absolute Gasteiger partial charge is 0.176 e. The van der Waals surface area contributed by atoms with Crippen LogP contribution in [0.3, 0.4) is 0 Å². The van der Waals surface area contributed by atoms with Crippen LogP contribution in [0.25, 0.3) is 0 Å². The molecule has 0 aliphatic heterocycles. The largest absolute Gasteiger partial charge is 0.504 e. The molecule has 0 aromatic heterocycles. The highest BCUT2D eigenvalue weighted by molar-refractivity contribution is 5.98. The number of hydrogen-bond donors (Lipinski definition) is 2. The summed E-state index contributed by atoms with van der Waals surface area (Å²) in [5.74, 6) is -0.463. The van der Waals surface area contributed by atoms with Gasteiger partial charge in [-0.2, -0.15) is 0 Å². The highest BCUT2D eigenvalue weighted by atomic mass is 16.3. The quantitative estimate of drug-likeness (QED) is 0.603. The van der Waals surface area contributed by atoms with Crippen LogP contribution in [-0.2, 0) is 0 Å². The van der Waals surface area contributed by atoms with Crippen LogP contribution in [0.15, 0.2) is 18.2 Å². The van der Waals surface area contributed by atoms with Crippen molar-refractivity contribution in [3.05, 3.63) is 23.8 Å². The lowest BCUT2D eigenvalue weighted by molar-refractivity contribution is 0.0928. The molecule has 0 heterocycles. The Hall–Kier alpha value is -1.55. The van der Waals surface area contributed by atoms with Gasteiger partial charge in [0.1, 0.15) is 0 Å². The van der Waals surface area contributed by atoms with Crippen molar-refractivity contribution in [1.82, 2.24) is 4.90 Å². The van der Waals surface area contributed by atoms with Crippen molar-refractivity contribution < 1.29 is 15.0 Å². The molecule has 1 aliphatic carbocycles. The maximum atomic E-state index is 12.0. The molecule has 0 spiro atoms.